The van der Waals surface area contributed by atoms with Crippen LogP contribution < -0.4 is 0 Å². The lowest BCUT2D eigenvalue weighted by atomic mass is 10.2. The molecule has 0 fully saturated rings. The molecule has 0 N–H and O–H groups in total. The Balaban J connectivity index is 2.41. The Hall–Kier alpha value is -1.16. The van der Waals surface area contributed by atoms with Gasteiger partial charge in [0.25, 0.3) is 0 Å². The molecule has 0 atom stereocenters. The van der Waals surface area contributed by atoms with E-state index >= 15 is 0 Å². The largest absolute Gasteiger partial charge is 0.377 e. The minimum Gasteiger partial charge on any atom is -0.377 e. The van der Waals surface area contributed by atoms with Gasteiger partial charge >= 0.3 is 0 Å². The van der Waals surface area contributed by atoms with Gasteiger partial charge in [0.2, 0.25) is 0 Å². The molecule has 0 spiro atoms. The van der Waals surface area contributed by atoms with Crippen LogP contribution in [-0.4, -0.2) is 29.3 Å². The molecular weight excluding hydrogens is 192 g/mol. The zero-order chi connectivity index (χ0) is 11.3. The summed E-state index contributed by atoms with van der Waals surface area (Å²) in [5.41, 5.74) is 0.966. The highest BCUT2D eigenvalue weighted by Crippen LogP contribution is 2.06. The first kappa shape index (κ1) is 11.9. The zero-order valence-electron chi connectivity index (χ0n) is 9.56. The van der Waals surface area contributed by atoms with Gasteiger partial charge in [0, 0.05) is 25.8 Å². The molecule has 1 heterocycles. The van der Waals surface area contributed by atoms with Crippen LogP contribution in [0.15, 0.2) is 12.3 Å². The molecule has 0 aliphatic heterocycles. The van der Waals surface area contributed by atoms with Crippen LogP contribution in [-0.2, 0) is 16.0 Å². The monoisotopic (exact) mass is 210 g/mol. The number of nitrogens with zero attached hydrogens (tertiary/aromatic N) is 2. The van der Waals surface area contributed by atoms with E-state index < -0.39 is 0 Å². The molecule has 0 radical (unpaired) electrons. The number of aryl methyl sites for hydroxylation is 1. The first-order chi connectivity index (χ1) is 7.13. The molecule has 0 aliphatic rings. The Labute approximate surface area is 90.2 Å². The van der Waals surface area contributed by atoms with E-state index in [-0.39, 0.29) is 12.4 Å². The van der Waals surface area contributed by atoms with E-state index in [2.05, 4.69) is 18.9 Å². The summed E-state index contributed by atoms with van der Waals surface area (Å²) in [7, 11) is 1.53. The second-order valence-corrected chi connectivity index (χ2v) is 3.85. The van der Waals surface area contributed by atoms with Crippen LogP contribution in [0.4, 0.5) is 0 Å². The molecule has 0 unspecified atom stereocenters. The van der Waals surface area contributed by atoms with Gasteiger partial charge in [-0.25, -0.2) is 0 Å². The molecule has 0 bridgehead atoms. The number of Topliss-reactive ketones (excluding diaryl/α,β-unsaturated/α-hetero) is 1. The van der Waals surface area contributed by atoms with Gasteiger partial charge in [-0.05, 0) is 26.3 Å². The van der Waals surface area contributed by atoms with Crippen molar-refractivity contribution in [3.63, 3.8) is 0 Å². The van der Waals surface area contributed by atoms with E-state index in [1.54, 1.807) is 0 Å². The van der Waals surface area contributed by atoms with Crippen molar-refractivity contribution in [1.29, 1.82) is 0 Å². The fourth-order valence-corrected chi connectivity index (χ4v) is 1.30. The van der Waals surface area contributed by atoms with Crippen LogP contribution >= 0.6 is 0 Å². The molecule has 0 saturated carbocycles. The van der Waals surface area contributed by atoms with Crippen molar-refractivity contribution < 1.29 is 9.53 Å². The summed E-state index contributed by atoms with van der Waals surface area (Å²) in [5, 5.41) is 4.37. The van der Waals surface area contributed by atoms with Gasteiger partial charge in [0.15, 0.2) is 5.78 Å². The van der Waals surface area contributed by atoms with Gasteiger partial charge < -0.3 is 4.74 Å². The van der Waals surface area contributed by atoms with E-state index in [1.165, 1.54) is 7.11 Å². The predicted molar refractivity (Wildman–Crippen MR) is 57.8 cm³/mol. The van der Waals surface area contributed by atoms with Gasteiger partial charge in [0.05, 0.1) is 5.69 Å². The number of ketones is 1. The van der Waals surface area contributed by atoms with Crippen LogP contribution in [0.5, 0.6) is 0 Å². The second kappa shape index (κ2) is 5.66. The SMILES string of the molecule is COCC(=O)CCc1ccn(C(C)C)n1. The van der Waals surface area contributed by atoms with Gasteiger partial charge in [-0.15, -0.1) is 0 Å². The number of rotatable bonds is 6. The minimum absolute atomic E-state index is 0.122. The summed E-state index contributed by atoms with van der Waals surface area (Å²) in [4.78, 5) is 11.2. The van der Waals surface area contributed by atoms with Crippen LogP contribution in [0.1, 0.15) is 32.0 Å². The summed E-state index contributed by atoms with van der Waals surface area (Å²) in [6.07, 6.45) is 3.14. The molecule has 0 aromatic carbocycles. The number of hydrogen-bond acceptors (Lipinski definition) is 3. The molecule has 0 aliphatic carbocycles. The Morgan fingerprint density at radius 2 is 2.33 bits per heavy atom. The number of methoxy groups -OCH3 is 1. The molecule has 1 rings (SSSR count). The van der Waals surface area contributed by atoms with E-state index in [4.69, 9.17) is 4.74 Å². The van der Waals surface area contributed by atoms with E-state index in [9.17, 15) is 4.79 Å². The maximum Gasteiger partial charge on any atom is 0.158 e. The fraction of sp³-hybridized carbons (Fsp3) is 0.636. The van der Waals surface area contributed by atoms with Crippen LogP contribution in [0.25, 0.3) is 0 Å². The number of ether oxygens (including phenoxy) is 1. The molecular formula is C11H18N2O2. The van der Waals surface area contributed by atoms with Crippen molar-refractivity contribution in [1.82, 2.24) is 9.78 Å². The normalized spacial score (nSPS) is 10.9. The highest BCUT2D eigenvalue weighted by molar-refractivity contribution is 5.79. The molecule has 15 heavy (non-hydrogen) atoms. The smallest absolute Gasteiger partial charge is 0.158 e. The lowest BCUT2D eigenvalue weighted by molar-refractivity contribution is -0.122. The third-order valence-corrected chi connectivity index (χ3v) is 2.16. The molecule has 0 amide bonds. The van der Waals surface area contributed by atoms with Crippen LogP contribution in [0.2, 0.25) is 0 Å². The number of carbonyl (C=O) groups excluding carboxylic acids is 1. The van der Waals surface area contributed by atoms with Gasteiger partial charge in [-0.2, -0.15) is 5.10 Å². The Morgan fingerprint density at radius 3 is 2.87 bits per heavy atom. The van der Waals surface area contributed by atoms with Crippen molar-refractivity contribution in [2.75, 3.05) is 13.7 Å². The number of aromatic nitrogens is 2. The maximum atomic E-state index is 11.2. The molecule has 1 aromatic rings. The molecule has 4 nitrogen and oxygen atoms in total. The lowest BCUT2D eigenvalue weighted by Crippen LogP contribution is -2.08. The number of carbonyl (C=O) groups is 1. The van der Waals surface area contributed by atoms with Crippen LogP contribution in [0, 0.1) is 0 Å². The summed E-state index contributed by atoms with van der Waals surface area (Å²) in [5.74, 6) is 0.122. The van der Waals surface area contributed by atoms with Gasteiger partial charge in [-0.1, -0.05) is 0 Å². The third kappa shape index (κ3) is 3.83. The van der Waals surface area contributed by atoms with Gasteiger partial charge in [-0.3, -0.25) is 9.48 Å². The molecule has 0 saturated heterocycles. The Kier molecular flexibility index (Phi) is 4.49. The van der Waals surface area contributed by atoms with Crippen molar-refractivity contribution in [3.05, 3.63) is 18.0 Å². The average molecular weight is 210 g/mol. The lowest BCUT2D eigenvalue weighted by Gasteiger charge is -2.03. The topological polar surface area (TPSA) is 44.1 Å². The van der Waals surface area contributed by atoms with Crippen molar-refractivity contribution in [2.45, 2.75) is 32.7 Å². The zero-order valence-corrected chi connectivity index (χ0v) is 9.56. The number of hydrogen-bond donors (Lipinski definition) is 0. The fourth-order valence-electron chi connectivity index (χ4n) is 1.30. The average Bonchev–Trinajstić information content (AvgIpc) is 2.63. The van der Waals surface area contributed by atoms with E-state index in [1.807, 2.05) is 16.9 Å². The summed E-state index contributed by atoms with van der Waals surface area (Å²) < 4.78 is 6.66. The molecule has 4 heteroatoms. The summed E-state index contributed by atoms with van der Waals surface area (Å²) in [6, 6.07) is 2.33. The highest BCUT2D eigenvalue weighted by Gasteiger charge is 2.05. The first-order valence-electron chi connectivity index (χ1n) is 5.18. The van der Waals surface area contributed by atoms with Crippen molar-refractivity contribution in [2.24, 2.45) is 0 Å². The third-order valence-electron chi connectivity index (χ3n) is 2.16. The van der Waals surface area contributed by atoms with Crippen LogP contribution in [0.3, 0.4) is 0 Å². The molecule has 1 aromatic heterocycles. The maximum absolute atomic E-state index is 11.2. The summed E-state index contributed by atoms with van der Waals surface area (Å²) >= 11 is 0. The standard InChI is InChI=1S/C11H18N2O2/c1-9(2)13-7-6-10(12-13)4-5-11(14)8-15-3/h6-7,9H,4-5,8H2,1-3H3. The minimum atomic E-state index is 0.122. The Bertz CT molecular complexity index is 318. The molecule has 84 valence electrons. The second-order valence-electron chi connectivity index (χ2n) is 3.85. The van der Waals surface area contributed by atoms with E-state index in [0.29, 0.717) is 18.9 Å². The van der Waals surface area contributed by atoms with E-state index in [0.717, 1.165) is 5.69 Å². The predicted octanol–water partition coefficient (Wildman–Crippen LogP) is 1.61. The first-order valence-corrected chi connectivity index (χ1v) is 5.18. The quantitative estimate of drug-likeness (QED) is 0.716. The Morgan fingerprint density at radius 1 is 1.60 bits per heavy atom. The van der Waals surface area contributed by atoms with Crippen molar-refractivity contribution in [3.8, 4) is 0 Å². The van der Waals surface area contributed by atoms with Gasteiger partial charge in [0.1, 0.15) is 6.61 Å². The van der Waals surface area contributed by atoms with Crippen molar-refractivity contribution >= 4 is 5.78 Å². The highest BCUT2D eigenvalue weighted by atomic mass is 16.5. The summed E-state index contributed by atoms with van der Waals surface area (Å²) in [6.45, 7) is 4.35.